The predicted molar refractivity (Wildman–Crippen MR) is 97.0 cm³/mol. The molecule has 0 saturated carbocycles. The zero-order valence-corrected chi connectivity index (χ0v) is 15.0. The van der Waals surface area contributed by atoms with Crippen LogP contribution in [0.5, 0.6) is 0 Å². The van der Waals surface area contributed by atoms with Crippen LogP contribution >= 0.6 is 11.6 Å². The molecule has 0 aromatic heterocycles. The molecule has 2 aromatic rings. The number of hydrogen-bond acceptors (Lipinski definition) is 4. The molecule has 0 spiro atoms. The van der Waals surface area contributed by atoms with E-state index >= 15 is 0 Å². The number of nitro benzene ring substituents is 1. The van der Waals surface area contributed by atoms with Gasteiger partial charge in [0, 0.05) is 38.8 Å². The summed E-state index contributed by atoms with van der Waals surface area (Å²) in [5.74, 6) is 0. The third kappa shape index (κ3) is 4.51. The summed E-state index contributed by atoms with van der Waals surface area (Å²) < 4.78 is 39.0. The topological polar surface area (TPSA) is 49.6 Å². The second-order valence-corrected chi connectivity index (χ2v) is 6.73. The SMILES string of the molecule is O=[N+]([O-])c1cc(C(F)(F)F)c(Cl)cc1N1CCN(Cc2ccccc2)CC1. The van der Waals surface area contributed by atoms with Gasteiger partial charge < -0.3 is 4.90 Å². The van der Waals surface area contributed by atoms with Crippen molar-refractivity contribution in [2.45, 2.75) is 12.7 Å². The molecule has 1 heterocycles. The highest BCUT2D eigenvalue weighted by atomic mass is 35.5. The summed E-state index contributed by atoms with van der Waals surface area (Å²) >= 11 is 5.77. The molecule has 9 heteroatoms. The molecule has 2 aromatic carbocycles. The molecule has 0 bridgehead atoms. The molecule has 0 N–H and O–H groups in total. The second kappa shape index (κ2) is 7.74. The number of halogens is 4. The van der Waals surface area contributed by atoms with Crippen LogP contribution in [0, 0.1) is 10.1 Å². The molecule has 27 heavy (non-hydrogen) atoms. The quantitative estimate of drug-likeness (QED) is 0.557. The largest absolute Gasteiger partial charge is 0.418 e. The van der Waals surface area contributed by atoms with E-state index < -0.39 is 27.4 Å². The Morgan fingerprint density at radius 1 is 1.07 bits per heavy atom. The van der Waals surface area contributed by atoms with E-state index in [-0.39, 0.29) is 5.69 Å². The van der Waals surface area contributed by atoms with Crippen molar-refractivity contribution in [2.24, 2.45) is 0 Å². The van der Waals surface area contributed by atoms with Crippen LogP contribution < -0.4 is 4.90 Å². The van der Waals surface area contributed by atoms with E-state index in [1.165, 1.54) is 0 Å². The maximum Gasteiger partial charge on any atom is 0.418 e. The highest BCUT2D eigenvalue weighted by Crippen LogP contribution is 2.41. The minimum Gasteiger partial charge on any atom is -0.363 e. The van der Waals surface area contributed by atoms with E-state index in [1.807, 2.05) is 30.3 Å². The number of nitrogens with zero attached hydrogens (tertiary/aromatic N) is 3. The summed E-state index contributed by atoms with van der Waals surface area (Å²) in [5, 5.41) is 10.8. The fourth-order valence-corrected chi connectivity index (χ4v) is 3.42. The van der Waals surface area contributed by atoms with Crippen LogP contribution in [0.2, 0.25) is 5.02 Å². The fraction of sp³-hybridized carbons (Fsp3) is 0.333. The van der Waals surface area contributed by atoms with Gasteiger partial charge in [-0.05, 0) is 11.6 Å². The van der Waals surface area contributed by atoms with Crippen LogP contribution in [0.1, 0.15) is 11.1 Å². The van der Waals surface area contributed by atoms with Crippen LogP contribution in [0.15, 0.2) is 42.5 Å². The van der Waals surface area contributed by atoms with E-state index in [9.17, 15) is 23.3 Å². The van der Waals surface area contributed by atoms with Gasteiger partial charge in [-0.2, -0.15) is 13.2 Å². The Labute approximate surface area is 159 Å². The van der Waals surface area contributed by atoms with Gasteiger partial charge in [-0.25, -0.2) is 0 Å². The normalized spacial score (nSPS) is 15.8. The molecular formula is C18H17ClF3N3O2. The monoisotopic (exact) mass is 399 g/mol. The third-order valence-electron chi connectivity index (χ3n) is 4.53. The lowest BCUT2D eigenvalue weighted by Crippen LogP contribution is -2.46. The van der Waals surface area contributed by atoms with E-state index in [1.54, 1.807) is 4.90 Å². The molecule has 1 fully saturated rings. The minimum absolute atomic E-state index is 0.123. The molecular weight excluding hydrogens is 383 g/mol. The molecule has 144 valence electrons. The molecule has 1 aliphatic heterocycles. The summed E-state index contributed by atoms with van der Waals surface area (Å²) in [6.07, 6.45) is -4.74. The highest BCUT2D eigenvalue weighted by molar-refractivity contribution is 6.31. The Morgan fingerprint density at radius 3 is 2.26 bits per heavy atom. The first kappa shape index (κ1) is 19.4. The number of anilines is 1. The van der Waals surface area contributed by atoms with Crippen molar-refractivity contribution >= 4 is 23.0 Å². The van der Waals surface area contributed by atoms with Gasteiger partial charge in [-0.3, -0.25) is 15.0 Å². The number of benzene rings is 2. The lowest BCUT2D eigenvalue weighted by atomic mass is 10.1. The van der Waals surface area contributed by atoms with Crippen LogP contribution in [-0.4, -0.2) is 36.0 Å². The number of nitro groups is 1. The van der Waals surface area contributed by atoms with E-state index in [0.29, 0.717) is 32.2 Å². The van der Waals surface area contributed by atoms with E-state index in [4.69, 9.17) is 11.6 Å². The molecule has 0 amide bonds. The molecule has 0 radical (unpaired) electrons. The van der Waals surface area contributed by atoms with Crippen molar-refractivity contribution in [3.63, 3.8) is 0 Å². The zero-order valence-electron chi connectivity index (χ0n) is 14.2. The smallest absolute Gasteiger partial charge is 0.363 e. The molecule has 0 atom stereocenters. The Bertz CT molecular complexity index is 823. The molecule has 0 unspecified atom stereocenters. The van der Waals surface area contributed by atoms with Gasteiger partial charge in [-0.1, -0.05) is 41.9 Å². The standard InChI is InChI=1S/C18H17ClF3N3O2/c19-15-11-16(17(25(26)27)10-14(15)18(20,21)22)24-8-6-23(7-9-24)12-13-4-2-1-3-5-13/h1-5,10-11H,6-9,12H2. The van der Waals surface area contributed by atoms with Crippen LogP contribution in [0.4, 0.5) is 24.5 Å². The van der Waals surface area contributed by atoms with Gasteiger partial charge in [0.15, 0.2) is 0 Å². The highest BCUT2D eigenvalue weighted by Gasteiger charge is 2.37. The molecule has 1 saturated heterocycles. The van der Waals surface area contributed by atoms with Gasteiger partial charge in [-0.15, -0.1) is 0 Å². The lowest BCUT2D eigenvalue weighted by Gasteiger charge is -2.36. The Kier molecular flexibility index (Phi) is 5.57. The van der Waals surface area contributed by atoms with Gasteiger partial charge >= 0.3 is 6.18 Å². The number of rotatable bonds is 4. The third-order valence-corrected chi connectivity index (χ3v) is 4.84. The number of hydrogen-bond donors (Lipinski definition) is 0. The van der Waals surface area contributed by atoms with Crippen molar-refractivity contribution in [3.8, 4) is 0 Å². The average molecular weight is 400 g/mol. The van der Waals surface area contributed by atoms with E-state index in [0.717, 1.165) is 18.2 Å². The molecule has 1 aliphatic rings. The van der Waals surface area contributed by atoms with Crippen LogP contribution in [-0.2, 0) is 12.7 Å². The lowest BCUT2D eigenvalue weighted by molar-refractivity contribution is -0.384. The van der Waals surface area contributed by atoms with Crippen molar-refractivity contribution < 1.29 is 18.1 Å². The average Bonchev–Trinajstić information content (AvgIpc) is 2.61. The van der Waals surface area contributed by atoms with Crippen molar-refractivity contribution in [3.05, 3.63) is 68.7 Å². The predicted octanol–water partition coefficient (Wildman–Crippen LogP) is 4.59. The second-order valence-electron chi connectivity index (χ2n) is 6.32. The van der Waals surface area contributed by atoms with Crippen molar-refractivity contribution in [2.75, 3.05) is 31.1 Å². The van der Waals surface area contributed by atoms with Gasteiger partial charge in [0.2, 0.25) is 0 Å². The minimum atomic E-state index is -4.74. The summed E-state index contributed by atoms with van der Waals surface area (Å²) in [5.41, 5.74) is -0.488. The molecule has 0 aliphatic carbocycles. The van der Waals surface area contributed by atoms with Gasteiger partial charge in [0.25, 0.3) is 5.69 Å². The van der Waals surface area contributed by atoms with Crippen LogP contribution in [0.3, 0.4) is 0 Å². The zero-order chi connectivity index (χ0) is 19.6. The Balaban J connectivity index is 1.77. The summed E-state index contributed by atoms with van der Waals surface area (Å²) in [6.45, 7) is 2.98. The number of piperazine rings is 1. The first-order valence-corrected chi connectivity index (χ1v) is 8.70. The summed E-state index contributed by atoms with van der Waals surface area (Å²) in [6, 6.07) is 11.5. The first-order valence-electron chi connectivity index (χ1n) is 8.32. The maximum absolute atomic E-state index is 13.0. The van der Waals surface area contributed by atoms with Crippen molar-refractivity contribution in [1.29, 1.82) is 0 Å². The Morgan fingerprint density at radius 2 is 1.70 bits per heavy atom. The summed E-state index contributed by atoms with van der Waals surface area (Å²) in [4.78, 5) is 14.4. The molecule has 3 rings (SSSR count). The fourth-order valence-electron chi connectivity index (χ4n) is 3.16. The van der Waals surface area contributed by atoms with Crippen LogP contribution in [0.25, 0.3) is 0 Å². The maximum atomic E-state index is 13.0. The van der Waals surface area contributed by atoms with E-state index in [2.05, 4.69) is 4.90 Å². The Hall–Kier alpha value is -2.32. The van der Waals surface area contributed by atoms with Crippen molar-refractivity contribution in [1.82, 2.24) is 4.90 Å². The number of alkyl halides is 3. The summed E-state index contributed by atoms with van der Waals surface area (Å²) in [7, 11) is 0. The van der Waals surface area contributed by atoms with Gasteiger partial charge in [0.05, 0.1) is 15.5 Å². The molecule has 5 nitrogen and oxygen atoms in total. The first-order chi connectivity index (χ1) is 12.8. The van der Waals surface area contributed by atoms with Gasteiger partial charge in [0.1, 0.15) is 5.69 Å².